The highest BCUT2D eigenvalue weighted by Crippen LogP contribution is 2.21. The molecule has 0 atom stereocenters. The molecule has 1 aromatic carbocycles. The number of thiazole rings is 1. The molecule has 20 heavy (non-hydrogen) atoms. The summed E-state index contributed by atoms with van der Waals surface area (Å²) in [7, 11) is 0. The van der Waals surface area contributed by atoms with Crippen molar-refractivity contribution < 1.29 is 4.74 Å². The van der Waals surface area contributed by atoms with Crippen LogP contribution in [0, 0.1) is 6.92 Å². The minimum atomic E-state index is 0.324. The number of nitrogens with zero attached hydrogens (tertiary/aromatic N) is 3. The molecule has 0 saturated heterocycles. The minimum absolute atomic E-state index is 0.324. The summed E-state index contributed by atoms with van der Waals surface area (Å²) >= 11 is 1.63. The molecule has 2 heterocycles. The maximum atomic E-state index is 5.87. The number of rotatable bonds is 4. The summed E-state index contributed by atoms with van der Waals surface area (Å²) in [6.45, 7) is 2.51. The third kappa shape index (κ3) is 2.55. The summed E-state index contributed by atoms with van der Waals surface area (Å²) in [6.07, 6.45) is 0.796. The predicted molar refractivity (Wildman–Crippen MR) is 80.0 cm³/mol. The van der Waals surface area contributed by atoms with Crippen molar-refractivity contribution in [1.82, 2.24) is 15.0 Å². The van der Waals surface area contributed by atoms with Crippen LogP contribution in [0.25, 0.3) is 11.0 Å². The zero-order valence-corrected chi connectivity index (χ0v) is 11.9. The fourth-order valence-corrected chi connectivity index (χ4v) is 2.67. The third-order valence-electron chi connectivity index (χ3n) is 2.98. The third-order valence-corrected chi connectivity index (χ3v) is 3.97. The van der Waals surface area contributed by atoms with Crippen LogP contribution >= 0.6 is 11.3 Å². The molecule has 0 saturated carbocycles. The fourth-order valence-electron chi connectivity index (χ4n) is 1.91. The van der Waals surface area contributed by atoms with Crippen LogP contribution in [-0.2, 0) is 6.42 Å². The Hall–Kier alpha value is -2.21. The van der Waals surface area contributed by atoms with Crippen LogP contribution in [0.3, 0.4) is 0 Å². The van der Waals surface area contributed by atoms with E-state index < -0.39 is 0 Å². The van der Waals surface area contributed by atoms with Crippen LogP contribution in [-0.4, -0.2) is 21.6 Å². The van der Waals surface area contributed by atoms with Crippen LogP contribution in [0.2, 0.25) is 0 Å². The summed E-state index contributed by atoms with van der Waals surface area (Å²) < 4.78 is 5.65. The Bertz CT molecular complexity index is 741. The highest BCUT2D eigenvalue weighted by Gasteiger charge is 2.08. The van der Waals surface area contributed by atoms with Crippen molar-refractivity contribution in [3.63, 3.8) is 0 Å². The van der Waals surface area contributed by atoms with Gasteiger partial charge in [-0.2, -0.15) is 0 Å². The van der Waals surface area contributed by atoms with Gasteiger partial charge in [-0.25, -0.2) is 15.0 Å². The van der Waals surface area contributed by atoms with Crippen LogP contribution < -0.4 is 10.5 Å². The first kappa shape index (κ1) is 12.8. The summed E-state index contributed by atoms with van der Waals surface area (Å²) in [6, 6.07) is 7.59. The Balaban J connectivity index is 1.74. The summed E-state index contributed by atoms with van der Waals surface area (Å²) in [4.78, 5) is 14.1. The average molecular weight is 286 g/mol. The number of para-hydroxylation sites is 2. The van der Waals surface area contributed by atoms with Crippen molar-refractivity contribution in [3.8, 4) is 5.88 Å². The lowest BCUT2D eigenvalue weighted by Gasteiger charge is -2.08. The van der Waals surface area contributed by atoms with Gasteiger partial charge < -0.3 is 10.5 Å². The Morgan fingerprint density at radius 3 is 2.65 bits per heavy atom. The standard InChI is InChI=1S/C14H14N4OS/c1-9-12(20-8-16-9)6-7-19-14-13(15)17-10-4-2-3-5-11(10)18-14/h2-5,8H,6-7H2,1H3,(H2,15,17). The molecule has 3 rings (SSSR count). The number of aryl methyl sites for hydroxylation is 1. The van der Waals surface area contributed by atoms with Crippen LogP contribution in [0.4, 0.5) is 5.82 Å². The largest absolute Gasteiger partial charge is 0.475 e. The second-order valence-electron chi connectivity index (χ2n) is 4.36. The number of nitrogen functional groups attached to an aromatic ring is 1. The Labute approximate surface area is 120 Å². The molecule has 2 aromatic heterocycles. The van der Waals surface area contributed by atoms with E-state index in [1.54, 1.807) is 11.3 Å². The molecule has 0 fully saturated rings. The number of benzene rings is 1. The average Bonchev–Trinajstić information content (AvgIpc) is 2.85. The van der Waals surface area contributed by atoms with E-state index in [1.807, 2.05) is 36.7 Å². The van der Waals surface area contributed by atoms with Crippen molar-refractivity contribution in [1.29, 1.82) is 0 Å². The number of aromatic nitrogens is 3. The maximum absolute atomic E-state index is 5.87. The molecular weight excluding hydrogens is 272 g/mol. The number of fused-ring (bicyclic) bond motifs is 1. The molecule has 0 aliphatic carbocycles. The molecule has 102 valence electrons. The van der Waals surface area contributed by atoms with Gasteiger partial charge in [-0.15, -0.1) is 11.3 Å². The molecule has 0 unspecified atom stereocenters. The molecule has 3 aromatic rings. The summed E-state index contributed by atoms with van der Waals surface area (Å²) in [5.74, 6) is 0.718. The molecule has 0 bridgehead atoms. The van der Waals surface area contributed by atoms with Crippen LogP contribution in [0.15, 0.2) is 29.8 Å². The van der Waals surface area contributed by atoms with Crippen molar-refractivity contribution in [2.45, 2.75) is 13.3 Å². The smallest absolute Gasteiger partial charge is 0.257 e. The van der Waals surface area contributed by atoms with E-state index in [9.17, 15) is 0 Å². The normalized spacial score (nSPS) is 10.8. The van der Waals surface area contributed by atoms with E-state index in [0.29, 0.717) is 18.3 Å². The van der Waals surface area contributed by atoms with Crippen LogP contribution in [0.1, 0.15) is 10.6 Å². The van der Waals surface area contributed by atoms with Gasteiger partial charge in [0.1, 0.15) is 0 Å². The van der Waals surface area contributed by atoms with Gasteiger partial charge in [0.05, 0.1) is 28.8 Å². The van der Waals surface area contributed by atoms with E-state index in [4.69, 9.17) is 10.5 Å². The van der Waals surface area contributed by atoms with Gasteiger partial charge in [-0.3, -0.25) is 0 Å². The fraction of sp³-hybridized carbons (Fsp3) is 0.214. The van der Waals surface area contributed by atoms with Crippen LogP contribution in [0.5, 0.6) is 5.88 Å². The van der Waals surface area contributed by atoms with E-state index in [1.165, 1.54) is 4.88 Å². The van der Waals surface area contributed by atoms with Gasteiger partial charge in [-0.05, 0) is 19.1 Å². The lowest BCUT2D eigenvalue weighted by Crippen LogP contribution is -2.06. The second kappa shape index (κ2) is 5.42. The van der Waals surface area contributed by atoms with Crippen molar-refractivity contribution in [3.05, 3.63) is 40.3 Å². The molecule has 0 amide bonds. The first-order chi connectivity index (χ1) is 9.74. The van der Waals surface area contributed by atoms with E-state index in [-0.39, 0.29) is 0 Å². The molecule has 6 heteroatoms. The zero-order chi connectivity index (χ0) is 13.9. The zero-order valence-electron chi connectivity index (χ0n) is 11.0. The van der Waals surface area contributed by atoms with Gasteiger partial charge in [-0.1, -0.05) is 12.1 Å². The molecule has 0 spiro atoms. The highest BCUT2D eigenvalue weighted by atomic mass is 32.1. The maximum Gasteiger partial charge on any atom is 0.257 e. The van der Waals surface area contributed by atoms with Gasteiger partial charge in [0.25, 0.3) is 5.88 Å². The van der Waals surface area contributed by atoms with Gasteiger partial charge in [0.2, 0.25) is 0 Å². The van der Waals surface area contributed by atoms with E-state index in [2.05, 4.69) is 15.0 Å². The van der Waals surface area contributed by atoms with Gasteiger partial charge in [0, 0.05) is 11.3 Å². The predicted octanol–water partition coefficient (Wildman–Crippen LogP) is 2.60. The Kier molecular flexibility index (Phi) is 3.47. The van der Waals surface area contributed by atoms with E-state index in [0.717, 1.165) is 23.1 Å². The van der Waals surface area contributed by atoms with Crippen molar-refractivity contribution in [2.75, 3.05) is 12.3 Å². The van der Waals surface area contributed by atoms with Gasteiger partial charge >= 0.3 is 0 Å². The SMILES string of the molecule is Cc1ncsc1CCOc1nc2ccccc2nc1N. The number of ether oxygens (including phenoxy) is 1. The van der Waals surface area contributed by atoms with E-state index >= 15 is 0 Å². The summed E-state index contributed by atoms with van der Waals surface area (Å²) in [5, 5.41) is 0. The van der Waals surface area contributed by atoms with Gasteiger partial charge in [0.15, 0.2) is 5.82 Å². The summed E-state index contributed by atoms with van der Waals surface area (Å²) in [5.41, 5.74) is 10.3. The monoisotopic (exact) mass is 286 g/mol. The number of hydrogen-bond acceptors (Lipinski definition) is 6. The van der Waals surface area contributed by atoms with Crippen molar-refractivity contribution in [2.24, 2.45) is 0 Å². The Morgan fingerprint density at radius 1 is 1.20 bits per heavy atom. The quantitative estimate of drug-likeness (QED) is 0.798. The number of anilines is 1. The number of nitrogens with two attached hydrogens (primary N) is 1. The minimum Gasteiger partial charge on any atom is -0.475 e. The second-order valence-corrected chi connectivity index (χ2v) is 5.30. The lowest BCUT2D eigenvalue weighted by molar-refractivity contribution is 0.312. The molecule has 0 aliphatic rings. The molecule has 0 aliphatic heterocycles. The first-order valence-corrected chi connectivity index (χ1v) is 7.16. The Morgan fingerprint density at radius 2 is 1.95 bits per heavy atom. The molecular formula is C14H14N4OS. The number of hydrogen-bond donors (Lipinski definition) is 1. The molecule has 2 N–H and O–H groups in total. The lowest BCUT2D eigenvalue weighted by atomic mass is 10.3. The molecule has 0 radical (unpaired) electrons. The van der Waals surface area contributed by atoms with Crippen molar-refractivity contribution >= 4 is 28.2 Å². The topological polar surface area (TPSA) is 73.9 Å². The molecule has 5 nitrogen and oxygen atoms in total. The highest BCUT2D eigenvalue weighted by molar-refractivity contribution is 7.09. The first-order valence-electron chi connectivity index (χ1n) is 6.28.